The molecular formula is C20H23BrN2O2S. The number of amides is 2. The molecule has 0 radical (unpaired) electrons. The molecule has 2 amide bonds. The first-order valence-electron chi connectivity index (χ1n) is 8.39. The van der Waals surface area contributed by atoms with Crippen molar-refractivity contribution in [3.63, 3.8) is 0 Å². The third kappa shape index (κ3) is 6.50. The number of halogens is 1. The fourth-order valence-electron chi connectivity index (χ4n) is 2.30. The molecule has 0 aliphatic heterocycles. The fraction of sp³-hybridized carbons (Fsp3) is 0.300. The normalized spacial score (nSPS) is 12.9. The van der Waals surface area contributed by atoms with Gasteiger partial charge in [0.1, 0.15) is 0 Å². The Labute approximate surface area is 167 Å². The Morgan fingerprint density at radius 1 is 1.12 bits per heavy atom. The minimum Gasteiger partial charge on any atom is -0.349 e. The quantitative estimate of drug-likeness (QED) is 0.663. The van der Waals surface area contributed by atoms with Crippen LogP contribution in [0, 0.1) is 6.92 Å². The second-order valence-corrected chi connectivity index (χ2v) is 8.40. The molecule has 0 aromatic heterocycles. The maximum Gasteiger partial charge on any atom is 0.234 e. The molecule has 0 saturated carbocycles. The molecule has 0 bridgehead atoms. The van der Waals surface area contributed by atoms with E-state index in [9.17, 15) is 9.59 Å². The average molecular weight is 435 g/mol. The summed E-state index contributed by atoms with van der Waals surface area (Å²) in [6.45, 7) is 5.75. The summed E-state index contributed by atoms with van der Waals surface area (Å²) in [5.74, 6) is 0.0393. The van der Waals surface area contributed by atoms with Crippen LogP contribution < -0.4 is 10.6 Å². The van der Waals surface area contributed by atoms with Gasteiger partial charge in [-0.15, -0.1) is 11.8 Å². The van der Waals surface area contributed by atoms with Crippen LogP contribution in [0.3, 0.4) is 0 Å². The first-order chi connectivity index (χ1) is 12.3. The summed E-state index contributed by atoms with van der Waals surface area (Å²) < 4.78 is 0.978. The van der Waals surface area contributed by atoms with Crippen LogP contribution in [0.25, 0.3) is 0 Å². The number of aryl methyl sites for hydroxylation is 1. The van der Waals surface area contributed by atoms with Crippen molar-refractivity contribution < 1.29 is 9.59 Å². The zero-order valence-electron chi connectivity index (χ0n) is 15.1. The van der Waals surface area contributed by atoms with Gasteiger partial charge in [0.25, 0.3) is 0 Å². The number of carbonyl (C=O) groups excluding carboxylic acids is 2. The van der Waals surface area contributed by atoms with Gasteiger partial charge in [-0.3, -0.25) is 9.59 Å². The molecule has 2 rings (SSSR count). The molecule has 0 heterocycles. The van der Waals surface area contributed by atoms with E-state index in [-0.39, 0.29) is 28.9 Å². The molecule has 26 heavy (non-hydrogen) atoms. The summed E-state index contributed by atoms with van der Waals surface area (Å²) >= 11 is 4.76. The van der Waals surface area contributed by atoms with E-state index in [0.717, 1.165) is 21.3 Å². The number of hydrogen-bond donors (Lipinski definition) is 2. The Kier molecular flexibility index (Phi) is 7.72. The topological polar surface area (TPSA) is 58.2 Å². The standard InChI is InChI=1S/C20H23BrN2O2S/c1-13-7-9-18(10-8-13)23-19(24)12-26-15(3)20(25)22-14(2)16-5-4-6-17(21)11-16/h4-11,14-15H,12H2,1-3H3,(H,22,25)(H,23,24). The van der Waals surface area contributed by atoms with Gasteiger partial charge in [0, 0.05) is 10.2 Å². The van der Waals surface area contributed by atoms with Crippen LogP contribution in [-0.2, 0) is 9.59 Å². The summed E-state index contributed by atoms with van der Waals surface area (Å²) in [6.07, 6.45) is 0. The number of benzene rings is 2. The molecule has 0 fully saturated rings. The van der Waals surface area contributed by atoms with Gasteiger partial charge in [0.2, 0.25) is 11.8 Å². The molecule has 138 valence electrons. The van der Waals surface area contributed by atoms with E-state index in [0.29, 0.717) is 0 Å². The summed E-state index contributed by atoms with van der Waals surface area (Å²) in [5, 5.41) is 5.52. The van der Waals surface area contributed by atoms with Crippen molar-refractivity contribution in [3.05, 3.63) is 64.1 Å². The van der Waals surface area contributed by atoms with Crippen LogP contribution in [0.15, 0.2) is 53.0 Å². The second-order valence-electron chi connectivity index (χ2n) is 6.15. The van der Waals surface area contributed by atoms with Crippen LogP contribution in [0.1, 0.15) is 31.0 Å². The van der Waals surface area contributed by atoms with Crippen LogP contribution in [0.2, 0.25) is 0 Å². The molecule has 2 aromatic carbocycles. The molecular weight excluding hydrogens is 412 g/mol. The van der Waals surface area contributed by atoms with Crippen molar-refractivity contribution in [1.29, 1.82) is 0 Å². The molecule has 0 aliphatic carbocycles. The molecule has 0 spiro atoms. The van der Waals surface area contributed by atoms with Gasteiger partial charge in [-0.1, -0.05) is 45.8 Å². The molecule has 0 aliphatic rings. The van der Waals surface area contributed by atoms with Gasteiger partial charge in [-0.05, 0) is 50.6 Å². The highest BCUT2D eigenvalue weighted by atomic mass is 79.9. The Morgan fingerprint density at radius 2 is 1.81 bits per heavy atom. The van der Waals surface area contributed by atoms with Gasteiger partial charge < -0.3 is 10.6 Å². The Bertz CT molecular complexity index is 765. The van der Waals surface area contributed by atoms with Crippen LogP contribution in [-0.4, -0.2) is 22.8 Å². The Morgan fingerprint density at radius 3 is 2.46 bits per heavy atom. The van der Waals surface area contributed by atoms with Crippen molar-refractivity contribution in [3.8, 4) is 0 Å². The molecule has 2 atom stereocenters. The highest BCUT2D eigenvalue weighted by molar-refractivity contribution is 9.10. The van der Waals surface area contributed by atoms with E-state index < -0.39 is 0 Å². The number of thioether (sulfide) groups is 1. The molecule has 2 unspecified atom stereocenters. The monoisotopic (exact) mass is 434 g/mol. The molecule has 0 saturated heterocycles. The lowest BCUT2D eigenvalue weighted by Gasteiger charge is -2.18. The Hall–Kier alpha value is -1.79. The first kappa shape index (κ1) is 20.5. The minimum atomic E-state index is -0.312. The number of hydrogen-bond acceptors (Lipinski definition) is 3. The number of carbonyl (C=O) groups is 2. The van der Waals surface area contributed by atoms with Gasteiger partial charge in [0.05, 0.1) is 17.0 Å². The van der Waals surface area contributed by atoms with E-state index in [1.807, 2.05) is 69.3 Å². The van der Waals surface area contributed by atoms with E-state index in [2.05, 4.69) is 26.6 Å². The lowest BCUT2D eigenvalue weighted by molar-refractivity contribution is -0.120. The molecule has 6 heteroatoms. The summed E-state index contributed by atoms with van der Waals surface area (Å²) in [4.78, 5) is 24.4. The van der Waals surface area contributed by atoms with Crippen LogP contribution in [0.5, 0.6) is 0 Å². The first-order valence-corrected chi connectivity index (χ1v) is 10.2. The van der Waals surface area contributed by atoms with E-state index in [4.69, 9.17) is 0 Å². The lowest BCUT2D eigenvalue weighted by atomic mass is 10.1. The van der Waals surface area contributed by atoms with Crippen molar-refractivity contribution in [2.75, 3.05) is 11.1 Å². The molecule has 2 aromatic rings. The van der Waals surface area contributed by atoms with Crippen molar-refractivity contribution >= 4 is 45.2 Å². The highest BCUT2D eigenvalue weighted by Crippen LogP contribution is 2.19. The summed E-state index contributed by atoms with van der Waals surface area (Å²) in [6, 6.07) is 15.4. The third-order valence-electron chi connectivity index (χ3n) is 3.88. The maximum atomic E-state index is 12.3. The molecule has 2 N–H and O–H groups in total. The van der Waals surface area contributed by atoms with Crippen molar-refractivity contribution in [2.24, 2.45) is 0 Å². The predicted octanol–water partition coefficient (Wildman–Crippen LogP) is 4.70. The van der Waals surface area contributed by atoms with E-state index in [1.54, 1.807) is 0 Å². The van der Waals surface area contributed by atoms with E-state index >= 15 is 0 Å². The number of anilines is 1. The minimum absolute atomic E-state index is 0.0781. The third-order valence-corrected chi connectivity index (χ3v) is 5.51. The maximum absolute atomic E-state index is 12.3. The summed E-state index contributed by atoms with van der Waals surface area (Å²) in [7, 11) is 0. The smallest absolute Gasteiger partial charge is 0.234 e. The Balaban J connectivity index is 1.79. The van der Waals surface area contributed by atoms with Gasteiger partial charge >= 0.3 is 0 Å². The number of rotatable bonds is 7. The predicted molar refractivity (Wildman–Crippen MR) is 112 cm³/mol. The highest BCUT2D eigenvalue weighted by Gasteiger charge is 2.18. The van der Waals surface area contributed by atoms with Gasteiger partial charge in [-0.25, -0.2) is 0 Å². The van der Waals surface area contributed by atoms with E-state index in [1.165, 1.54) is 11.8 Å². The van der Waals surface area contributed by atoms with Gasteiger partial charge in [-0.2, -0.15) is 0 Å². The SMILES string of the molecule is Cc1ccc(NC(=O)CSC(C)C(=O)NC(C)c2cccc(Br)c2)cc1. The lowest BCUT2D eigenvalue weighted by Crippen LogP contribution is -2.33. The summed E-state index contributed by atoms with van der Waals surface area (Å²) in [5.41, 5.74) is 2.94. The van der Waals surface area contributed by atoms with Crippen LogP contribution in [0.4, 0.5) is 5.69 Å². The fourth-order valence-corrected chi connectivity index (χ4v) is 3.41. The number of nitrogens with one attached hydrogen (secondary N) is 2. The van der Waals surface area contributed by atoms with Crippen molar-refractivity contribution in [2.45, 2.75) is 32.1 Å². The largest absolute Gasteiger partial charge is 0.349 e. The zero-order valence-corrected chi connectivity index (χ0v) is 17.5. The average Bonchev–Trinajstić information content (AvgIpc) is 2.61. The molecule has 4 nitrogen and oxygen atoms in total. The zero-order chi connectivity index (χ0) is 19.1. The second kappa shape index (κ2) is 9.78. The van der Waals surface area contributed by atoms with Crippen LogP contribution >= 0.6 is 27.7 Å². The van der Waals surface area contributed by atoms with Crippen molar-refractivity contribution in [1.82, 2.24) is 5.32 Å². The van der Waals surface area contributed by atoms with Gasteiger partial charge in [0.15, 0.2) is 0 Å².